The number of carbonyl (C=O) groups excluding carboxylic acids is 2. The van der Waals surface area contributed by atoms with Crippen LogP contribution in [0.4, 0.5) is 11.4 Å². The van der Waals surface area contributed by atoms with Crippen molar-refractivity contribution in [3.8, 4) is 0 Å². The van der Waals surface area contributed by atoms with E-state index >= 15 is 0 Å². The first kappa shape index (κ1) is 17.2. The molecule has 3 rings (SSSR count). The number of hydrogen-bond acceptors (Lipinski definition) is 3. The van der Waals surface area contributed by atoms with Gasteiger partial charge in [0, 0.05) is 37.3 Å². The summed E-state index contributed by atoms with van der Waals surface area (Å²) in [7, 11) is 2.05. The molecule has 2 aromatic carbocycles. The lowest BCUT2D eigenvalue weighted by Gasteiger charge is -2.18. The number of benzene rings is 2. The summed E-state index contributed by atoms with van der Waals surface area (Å²) in [5, 5.41) is 5.72. The predicted octanol–water partition coefficient (Wildman–Crippen LogP) is 2.93. The third-order valence-corrected chi connectivity index (χ3v) is 4.54. The van der Waals surface area contributed by atoms with Crippen molar-refractivity contribution in [3.63, 3.8) is 0 Å². The Morgan fingerprint density at radius 1 is 0.920 bits per heavy atom. The molecular weight excluding hydrogens is 314 g/mol. The van der Waals surface area contributed by atoms with Crippen LogP contribution in [-0.2, 0) is 9.59 Å². The van der Waals surface area contributed by atoms with Gasteiger partial charge in [0.2, 0.25) is 11.8 Å². The lowest BCUT2D eigenvalue weighted by molar-refractivity contribution is -0.120. The van der Waals surface area contributed by atoms with Gasteiger partial charge in [-0.05, 0) is 36.9 Å². The van der Waals surface area contributed by atoms with E-state index in [4.69, 9.17) is 0 Å². The van der Waals surface area contributed by atoms with Gasteiger partial charge in [0.15, 0.2) is 0 Å². The molecule has 1 fully saturated rings. The van der Waals surface area contributed by atoms with Gasteiger partial charge in [-0.3, -0.25) is 9.59 Å². The Bertz CT molecular complexity index is 743. The standard InChI is InChI=1S/C20H23N3O2/c1-14(24)21-16-8-10-17(11-9-16)22-20(25)19-13-23(2)12-18(19)15-6-4-3-5-7-15/h3-11,18-19H,12-13H2,1-2H3,(H,21,24)(H,22,25)/t18-,19-/m0/s1. The smallest absolute Gasteiger partial charge is 0.229 e. The zero-order valence-electron chi connectivity index (χ0n) is 14.5. The molecule has 5 heteroatoms. The number of anilines is 2. The maximum absolute atomic E-state index is 12.8. The van der Waals surface area contributed by atoms with Crippen molar-refractivity contribution in [3.05, 3.63) is 60.2 Å². The van der Waals surface area contributed by atoms with Gasteiger partial charge in [-0.1, -0.05) is 30.3 Å². The normalized spacial score (nSPS) is 20.2. The highest BCUT2D eigenvalue weighted by Gasteiger charge is 2.36. The highest BCUT2D eigenvalue weighted by molar-refractivity contribution is 5.94. The SMILES string of the molecule is CC(=O)Nc1ccc(NC(=O)[C@H]2CN(C)C[C@H]2c2ccccc2)cc1. The monoisotopic (exact) mass is 337 g/mol. The number of nitrogens with zero attached hydrogens (tertiary/aromatic N) is 1. The Hall–Kier alpha value is -2.66. The minimum Gasteiger partial charge on any atom is -0.326 e. The highest BCUT2D eigenvalue weighted by Crippen LogP contribution is 2.32. The average Bonchev–Trinajstić information content (AvgIpc) is 2.99. The van der Waals surface area contributed by atoms with Crippen LogP contribution in [0.25, 0.3) is 0 Å². The van der Waals surface area contributed by atoms with Gasteiger partial charge in [-0.2, -0.15) is 0 Å². The fourth-order valence-electron chi connectivity index (χ4n) is 3.38. The molecule has 2 atom stereocenters. The van der Waals surface area contributed by atoms with Gasteiger partial charge in [-0.25, -0.2) is 0 Å². The fourth-order valence-corrected chi connectivity index (χ4v) is 3.38. The molecule has 0 aliphatic carbocycles. The molecule has 0 radical (unpaired) electrons. The minimum absolute atomic E-state index is 0.0329. The Morgan fingerprint density at radius 3 is 2.12 bits per heavy atom. The van der Waals surface area contributed by atoms with E-state index in [-0.39, 0.29) is 23.7 Å². The summed E-state index contributed by atoms with van der Waals surface area (Å²) in [5.41, 5.74) is 2.65. The number of hydrogen-bond donors (Lipinski definition) is 2. The van der Waals surface area contributed by atoms with Crippen LogP contribution in [0.15, 0.2) is 54.6 Å². The molecule has 0 aromatic heterocycles. The Morgan fingerprint density at radius 2 is 1.52 bits per heavy atom. The molecule has 1 heterocycles. The Labute approximate surface area is 148 Å². The highest BCUT2D eigenvalue weighted by atomic mass is 16.2. The Balaban J connectivity index is 1.70. The van der Waals surface area contributed by atoms with Crippen molar-refractivity contribution in [1.82, 2.24) is 4.90 Å². The molecule has 0 saturated carbocycles. The molecule has 0 bridgehead atoms. The van der Waals surface area contributed by atoms with E-state index in [0.717, 1.165) is 18.8 Å². The minimum atomic E-state index is -0.114. The summed E-state index contributed by atoms with van der Waals surface area (Å²) >= 11 is 0. The van der Waals surface area contributed by atoms with Crippen molar-refractivity contribution in [1.29, 1.82) is 0 Å². The first-order valence-corrected chi connectivity index (χ1v) is 8.45. The average molecular weight is 337 g/mol. The number of amides is 2. The molecule has 1 saturated heterocycles. The molecule has 130 valence electrons. The van der Waals surface area contributed by atoms with Gasteiger partial charge in [0.1, 0.15) is 0 Å². The maximum Gasteiger partial charge on any atom is 0.229 e. The van der Waals surface area contributed by atoms with Crippen molar-refractivity contribution >= 4 is 23.2 Å². The largest absolute Gasteiger partial charge is 0.326 e. The van der Waals surface area contributed by atoms with Crippen LogP contribution in [0.1, 0.15) is 18.4 Å². The van der Waals surface area contributed by atoms with E-state index in [1.807, 2.05) is 25.2 Å². The summed E-state index contributed by atoms with van der Waals surface area (Å²) in [6, 6.07) is 17.4. The van der Waals surface area contributed by atoms with Crippen molar-refractivity contribution in [2.75, 3.05) is 30.8 Å². The first-order valence-electron chi connectivity index (χ1n) is 8.45. The molecule has 25 heavy (non-hydrogen) atoms. The molecule has 1 aliphatic heterocycles. The van der Waals surface area contributed by atoms with Crippen molar-refractivity contribution in [2.24, 2.45) is 5.92 Å². The summed E-state index contributed by atoms with van der Waals surface area (Å²) < 4.78 is 0. The van der Waals surface area contributed by atoms with E-state index in [2.05, 4.69) is 27.7 Å². The van der Waals surface area contributed by atoms with Crippen LogP contribution in [0, 0.1) is 5.92 Å². The van der Waals surface area contributed by atoms with Gasteiger partial charge < -0.3 is 15.5 Å². The number of nitrogens with one attached hydrogen (secondary N) is 2. The van der Waals surface area contributed by atoms with E-state index in [9.17, 15) is 9.59 Å². The zero-order valence-corrected chi connectivity index (χ0v) is 14.5. The molecule has 2 amide bonds. The van der Waals surface area contributed by atoms with Crippen LogP contribution in [0.3, 0.4) is 0 Å². The summed E-state index contributed by atoms with van der Waals surface area (Å²) in [6.07, 6.45) is 0. The Kier molecular flexibility index (Phi) is 5.14. The number of likely N-dealkylation sites (N-methyl/N-ethyl adjacent to an activating group) is 1. The summed E-state index contributed by atoms with van der Waals surface area (Å²) in [5.74, 6) is 0.0363. The molecule has 1 aliphatic rings. The zero-order chi connectivity index (χ0) is 17.8. The molecule has 0 unspecified atom stereocenters. The van der Waals surface area contributed by atoms with Crippen LogP contribution < -0.4 is 10.6 Å². The molecular formula is C20H23N3O2. The molecule has 2 aromatic rings. The lowest BCUT2D eigenvalue weighted by atomic mass is 9.88. The van der Waals surface area contributed by atoms with Gasteiger partial charge in [0.25, 0.3) is 0 Å². The number of likely N-dealkylation sites (tertiary alicyclic amines) is 1. The number of rotatable bonds is 4. The van der Waals surface area contributed by atoms with Crippen LogP contribution >= 0.6 is 0 Å². The van der Waals surface area contributed by atoms with Crippen molar-refractivity contribution < 1.29 is 9.59 Å². The van der Waals surface area contributed by atoms with E-state index < -0.39 is 0 Å². The van der Waals surface area contributed by atoms with E-state index in [0.29, 0.717) is 5.69 Å². The fraction of sp³-hybridized carbons (Fsp3) is 0.300. The second-order valence-electron chi connectivity index (χ2n) is 6.59. The predicted molar refractivity (Wildman–Crippen MR) is 99.5 cm³/mol. The van der Waals surface area contributed by atoms with Gasteiger partial charge >= 0.3 is 0 Å². The first-order chi connectivity index (χ1) is 12.0. The second kappa shape index (κ2) is 7.49. The van der Waals surface area contributed by atoms with Crippen LogP contribution in [0.2, 0.25) is 0 Å². The summed E-state index contributed by atoms with van der Waals surface area (Å²) in [6.45, 7) is 3.09. The second-order valence-corrected chi connectivity index (χ2v) is 6.59. The maximum atomic E-state index is 12.8. The van der Waals surface area contributed by atoms with Gasteiger partial charge in [-0.15, -0.1) is 0 Å². The van der Waals surface area contributed by atoms with E-state index in [1.54, 1.807) is 24.3 Å². The molecule has 5 nitrogen and oxygen atoms in total. The quantitative estimate of drug-likeness (QED) is 0.902. The van der Waals surface area contributed by atoms with Crippen molar-refractivity contribution in [2.45, 2.75) is 12.8 Å². The molecule has 0 spiro atoms. The van der Waals surface area contributed by atoms with Gasteiger partial charge in [0.05, 0.1) is 5.92 Å². The van der Waals surface area contributed by atoms with Crippen LogP contribution in [0.5, 0.6) is 0 Å². The topological polar surface area (TPSA) is 61.4 Å². The molecule has 2 N–H and O–H groups in total. The third-order valence-electron chi connectivity index (χ3n) is 4.54. The third kappa shape index (κ3) is 4.25. The number of carbonyl (C=O) groups is 2. The summed E-state index contributed by atoms with van der Waals surface area (Å²) in [4.78, 5) is 26.1. The van der Waals surface area contributed by atoms with Crippen LogP contribution in [-0.4, -0.2) is 36.9 Å². The lowest BCUT2D eigenvalue weighted by Crippen LogP contribution is -2.28. The van der Waals surface area contributed by atoms with E-state index in [1.165, 1.54) is 12.5 Å².